The number of hydrogen-bond acceptors (Lipinski definition) is 7. The van der Waals surface area contributed by atoms with Crippen LogP contribution in [0.5, 0.6) is 17.2 Å². The molecular weight excluding hydrogens is 479 g/mol. The van der Waals surface area contributed by atoms with Crippen LogP contribution in [0, 0.1) is 0 Å². The van der Waals surface area contributed by atoms with Gasteiger partial charge in [0, 0.05) is 5.56 Å². The number of benzene rings is 4. The first-order valence-corrected chi connectivity index (χ1v) is 12.8. The van der Waals surface area contributed by atoms with Gasteiger partial charge in [-0.05, 0) is 41.1 Å². The van der Waals surface area contributed by atoms with Gasteiger partial charge in [0.15, 0.2) is 23.2 Å². The second kappa shape index (κ2) is 9.80. The SMILES string of the molecule is COC(=O)C1/C(=C(\O)OC)[P+](Oc2ccccc2)(Oc2ccccc2)Oc2ccc3ccccc3c21. The second-order valence-corrected chi connectivity index (χ2v) is 9.97. The molecule has 5 rings (SSSR count). The van der Waals surface area contributed by atoms with E-state index >= 15 is 0 Å². The average Bonchev–Trinajstić information content (AvgIpc) is 2.92. The molecule has 1 aliphatic heterocycles. The van der Waals surface area contributed by atoms with Gasteiger partial charge in [0.25, 0.3) is 5.31 Å². The lowest BCUT2D eigenvalue weighted by Crippen LogP contribution is -2.31. The summed E-state index contributed by atoms with van der Waals surface area (Å²) in [4.78, 5) is 13.4. The normalized spacial score (nSPS) is 17.3. The molecule has 0 aromatic heterocycles. The van der Waals surface area contributed by atoms with Crippen LogP contribution in [0.15, 0.2) is 108 Å². The molecule has 1 unspecified atom stereocenters. The van der Waals surface area contributed by atoms with Crippen molar-refractivity contribution in [1.29, 1.82) is 0 Å². The van der Waals surface area contributed by atoms with Crippen LogP contribution in [0.25, 0.3) is 10.8 Å². The van der Waals surface area contributed by atoms with Crippen molar-refractivity contribution in [2.45, 2.75) is 5.92 Å². The maximum atomic E-state index is 13.4. The minimum atomic E-state index is -3.75. The molecule has 1 heterocycles. The van der Waals surface area contributed by atoms with Gasteiger partial charge in [-0.1, -0.05) is 66.7 Å². The van der Waals surface area contributed by atoms with Crippen molar-refractivity contribution in [3.63, 3.8) is 0 Å². The molecule has 4 aromatic rings. The summed E-state index contributed by atoms with van der Waals surface area (Å²) in [5.41, 5.74) is 0.530. The fourth-order valence-corrected chi connectivity index (χ4v) is 6.71. The summed E-state index contributed by atoms with van der Waals surface area (Å²) in [5.74, 6) is -1.04. The second-order valence-electron chi connectivity index (χ2n) is 7.95. The molecule has 0 radical (unpaired) electrons. The van der Waals surface area contributed by atoms with Crippen LogP contribution in [0.3, 0.4) is 0 Å². The number of carbonyl (C=O) groups excluding carboxylic acids is 1. The molecule has 4 aromatic carbocycles. The maximum absolute atomic E-state index is 13.4. The number of para-hydroxylation sites is 2. The van der Waals surface area contributed by atoms with E-state index in [1.807, 2.05) is 42.5 Å². The van der Waals surface area contributed by atoms with Gasteiger partial charge in [0.2, 0.25) is 0 Å². The highest BCUT2D eigenvalue weighted by Crippen LogP contribution is 2.74. The van der Waals surface area contributed by atoms with E-state index in [2.05, 4.69) is 0 Å². The van der Waals surface area contributed by atoms with Crippen molar-refractivity contribution in [1.82, 2.24) is 0 Å². The molecule has 1 aliphatic rings. The molecule has 8 heteroatoms. The topological polar surface area (TPSA) is 83.5 Å². The molecular formula is C28H24O7P+. The summed E-state index contributed by atoms with van der Waals surface area (Å²) in [6, 6.07) is 29.1. The van der Waals surface area contributed by atoms with Gasteiger partial charge >= 0.3 is 19.9 Å². The zero-order valence-corrected chi connectivity index (χ0v) is 20.6. The van der Waals surface area contributed by atoms with E-state index in [9.17, 15) is 9.90 Å². The van der Waals surface area contributed by atoms with Crippen LogP contribution in [0.4, 0.5) is 0 Å². The highest BCUT2D eigenvalue weighted by molar-refractivity contribution is 7.67. The molecule has 0 fully saturated rings. The quantitative estimate of drug-likeness (QED) is 0.176. The first-order chi connectivity index (χ1) is 17.6. The lowest BCUT2D eigenvalue weighted by atomic mass is 9.91. The Labute approximate surface area is 209 Å². The van der Waals surface area contributed by atoms with Gasteiger partial charge in [0.05, 0.1) is 14.2 Å². The molecule has 0 bridgehead atoms. The highest BCUT2D eigenvalue weighted by atomic mass is 31.2. The lowest BCUT2D eigenvalue weighted by Gasteiger charge is -2.32. The van der Waals surface area contributed by atoms with Gasteiger partial charge in [-0.3, -0.25) is 18.4 Å². The Morgan fingerprint density at radius 1 is 0.778 bits per heavy atom. The third-order valence-electron chi connectivity index (χ3n) is 5.79. The van der Waals surface area contributed by atoms with E-state index in [1.54, 1.807) is 54.6 Å². The lowest BCUT2D eigenvalue weighted by molar-refractivity contribution is -0.141. The standard InChI is InChI=1S/C28H23O7P/c1-31-27(29)25-24-22-16-10-9-11-19(22)17-18-23(24)35-36(26(25)28(30)32-2,33-20-12-5-3-6-13-20)34-21-14-7-4-8-15-21/h3-18,25H,1-2H3/p+1/b28-26-. The smallest absolute Gasteiger partial charge is 0.478 e. The Morgan fingerprint density at radius 2 is 1.36 bits per heavy atom. The monoisotopic (exact) mass is 503 g/mol. The summed E-state index contributed by atoms with van der Waals surface area (Å²) in [6.45, 7) is 0. The summed E-state index contributed by atoms with van der Waals surface area (Å²) in [7, 11) is -1.15. The van der Waals surface area contributed by atoms with E-state index in [0.29, 0.717) is 22.8 Å². The predicted molar refractivity (Wildman–Crippen MR) is 137 cm³/mol. The minimum Gasteiger partial charge on any atom is -0.478 e. The first-order valence-electron chi connectivity index (χ1n) is 11.2. The number of hydrogen-bond donors (Lipinski definition) is 1. The summed E-state index contributed by atoms with van der Waals surface area (Å²) in [6.07, 6.45) is 0. The molecule has 182 valence electrons. The fraction of sp³-hybridized carbons (Fsp3) is 0.107. The number of aliphatic hydroxyl groups is 1. The Bertz CT molecular complexity index is 1380. The third-order valence-corrected chi connectivity index (χ3v) is 8.17. The van der Waals surface area contributed by atoms with Gasteiger partial charge < -0.3 is 14.6 Å². The largest absolute Gasteiger partial charge is 0.584 e. The van der Waals surface area contributed by atoms with Crippen molar-refractivity contribution >= 4 is 24.7 Å². The zero-order valence-electron chi connectivity index (χ0n) is 19.7. The van der Waals surface area contributed by atoms with Crippen molar-refractivity contribution in [3.8, 4) is 17.2 Å². The summed E-state index contributed by atoms with van der Waals surface area (Å²) >= 11 is 0. The van der Waals surface area contributed by atoms with Crippen LogP contribution in [-0.2, 0) is 14.3 Å². The molecule has 36 heavy (non-hydrogen) atoms. The molecule has 1 N–H and O–H groups in total. The van der Waals surface area contributed by atoms with E-state index in [4.69, 9.17) is 23.0 Å². The van der Waals surface area contributed by atoms with Crippen molar-refractivity contribution in [2.75, 3.05) is 14.2 Å². The van der Waals surface area contributed by atoms with Crippen molar-refractivity contribution in [3.05, 3.63) is 114 Å². The van der Waals surface area contributed by atoms with Crippen LogP contribution < -0.4 is 13.6 Å². The number of fused-ring (bicyclic) bond motifs is 3. The number of rotatable bonds is 6. The minimum absolute atomic E-state index is 0.0217. The molecule has 0 amide bonds. The number of esters is 1. The maximum Gasteiger partial charge on any atom is 0.584 e. The van der Waals surface area contributed by atoms with Crippen molar-refractivity contribution < 1.29 is 32.9 Å². The molecule has 0 aliphatic carbocycles. The van der Waals surface area contributed by atoms with E-state index in [0.717, 1.165) is 10.8 Å². The Balaban J connectivity index is 1.82. The summed E-state index contributed by atoms with van der Waals surface area (Å²) < 4.78 is 29.9. The van der Waals surface area contributed by atoms with E-state index in [-0.39, 0.29) is 5.31 Å². The fourth-order valence-electron chi connectivity index (χ4n) is 4.21. The van der Waals surface area contributed by atoms with Crippen molar-refractivity contribution in [2.24, 2.45) is 0 Å². The van der Waals surface area contributed by atoms with E-state index in [1.165, 1.54) is 14.2 Å². The Morgan fingerprint density at radius 3 is 1.94 bits per heavy atom. The molecule has 0 saturated heterocycles. The number of ether oxygens (including phenoxy) is 2. The molecule has 7 nitrogen and oxygen atoms in total. The predicted octanol–water partition coefficient (Wildman–Crippen LogP) is 6.78. The highest BCUT2D eigenvalue weighted by Gasteiger charge is 2.67. The number of carbonyl (C=O) groups is 1. The molecule has 0 saturated carbocycles. The third kappa shape index (κ3) is 4.18. The van der Waals surface area contributed by atoms with Crippen LogP contribution in [0.1, 0.15) is 11.5 Å². The van der Waals surface area contributed by atoms with Crippen LogP contribution in [-0.4, -0.2) is 25.3 Å². The molecule has 1 atom stereocenters. The Hall–Kier alpha value is -4.22. The van der Waals surface area contributed by atoms with Gasteiger partial charge in [-0.2, -0.15) is 0 Å². The van der Waals surface area contributed by atoms with Gasteiger partial charge in [0.1, 0.15) is 0 Å². The average molecular weight is 503 g/mol. The number of aliphatic hydroxyl groups excluding tert-OH is 1. The zero-order chi connectivity index (χ0) is 25.1. The van der Waals surface area contributed by atoms with Crippen LogP contribution in [0.2, 0.25) is 0 Å². The summed E-state index contributed by atoms with van der Waals surface area (Å²) in [5, 5.41) is 12.8. The van der Waals surface area contributed by atoms with Crippen LogP contribution >= 0.6 is 7.94 Å². The number of methoxy groups -OCH3 is 2. The van der Waals surface area contributed by atoms with Gasteiger partial charge in [-0.15, -0.1) is 0 Å². The first kappa shape index (κ1) is 23.5. The molecule has 0 spiro atoms. The van der Waals surface area contributed by atoms with E-state index < -0.39 is 25.8 Å². The van der Waals surface area contributed by atoms with Gasteiger partial charge in [-0.25, -0.2) is 0 Å². The Kier molecular flexibility index (Phi) is 6.40.